The lowest BCUT2D eigenvalue weighted by atomic mass is 10.1. The van der Waals surface area contributed by atoms with Crippen LogP contribution in [0.4, 0.5) is 0 Å². The van der Waals surface area contributed by atoms with Crippen LogP contribution in [0, 0.1) is 0 Å². The average molecular weight is 167 g/mol. The summed E-state index contributed by atoms with van der Waals surface area (Å²) in [5.41, 5.74) is 1.35. The van der Waals surface area contributed by atoms with Gasteiger partial charge in [0, 0.05) is 12.4 Å². The van der Waals surface area contributed by atoms with Crippen LogP contribution in [-0.4, -0.2) is 10.2 Å². The number of thiol groups is 1. The molecule has 0 aliphatic carbocycles. The molecule has 11 heavy (non-hydrogen) atoms. The topological polar surface area (TPSA) is 12.9 Å². The van der Waals surface area contributed by atoms with E-state index >= 15 is 0 Å². The van der Waals surface area contributed by atoms with Gasteiger partial charge in [-0.05, 0) is 35.8 Å². The zero-order valence-electron chi connectivity index (χ0n) is 6.70. The van der Waals surface area contributed by atoms with Gasteiger partial charge in [0.1, 0.15) is 0 Å². The lowest BCUT2D eigenvalue weighted by Crippen LogP contribution is -1.94. The number of rotatable bonds is 3. The van der Waals surface area contributed by atoms with Crippen molar-refractivity contribution in [2.45, 2.75) is 25.0 Å². The van der Waals surface area contributed by atoms with Gasteiger partial charge < -0.3 is 0 Å². The van der Waals surface area contributed by atoms with Crippen LogP contribution in [0.2, 0.25) is 0 Å². The predicted octanol–water partition coefficient (Wildman–Crippen LogP) is 2.33. The van der Waals surface area contributed by atoms with Gasteiger partial charge in [-0.2, -0.15) is 12.6 Å². The smallest absolute Gasteiger partial charge is 0.0270 e. The summed E-state index contributed by atoms with van der Waals surface area (Å²) in [6, 6.07) is 4.10. The van der Waals surface area contributed by atoms with E-state index < -0.39 is 0 Å². The minimum atomic E-state index is 0.489. The quantitative estimate of drug-likeness (QED) is 0.682. The second-order valence-corrected chi connectivity index (χ2v) is 3.62. The third kappa shape index (κ3) is 3.42. The third-order valence-electron chi connectivity index (χ3n) is 1.60. The van der Waals surface area contributed by atoms with Gasteiger partial charge in [-0.25, -0.2) is 0 Å². The van der Waals surface area contributed by atoms with Gasteiger partial charge in [-0.3, -0.25) is 4.98 Å². The van der Waals surface area contributed by atoms with Crippen LogP contribution in [-0.2, 0) is 6.42 Å². The summed E-state index contributed by atoms with van der Waals surface area (Å²) in [6.07, 6.45) is 5.90. The Morgan fingerprint density at radius 1 is 1.45 bits per heavy atom. The summed E-state index contributed by atoms with van der Waals surface area (Å²) in [5.74, 6) is 0. The molecule has 1 aromatic heterocycles. The van der Waals surface area contributed by atoms with E-state index in [1.54, 1.807) is 0 Å². The fourth-order valence-electron chi connectivity index (χ4n) is 0.925. The lowest BCUT2D eigenvalue weighted by Gasteiger charge is -2.02. The van der Waals surface area contributed by atoms with Crippen molar-refractivity contribution in [1.82, 2.24) is 4.98 Å². The SMILES string of the molecule is C[C@@H](S)CCc1ccncc1. The Morgan fingerprint density at radius 2 is 2.09 bits per heavy atom. The third-order valence-corrected chi connectivity index (χ3v) is 1.86. The second-order valence-electron chi connectivity index (χ2n) is 2.74. The first kappa shape index (κ1) is 8.60. The van der Waals surface area contributed by atoms with Gasteiger partial charge in [-0.1, -0.05) is 6.92 Å². The van der Waals surface area contributed by atoms with Crippen LogP contribution in [0.5, 0.6) is 0 Å². The summed E-state index contributed by atoms with van der Waals surface area (Å²) >= 11 is 4.31. The van der Waals surface area contributed by atoms with E-state index in [9.17, 15) is 0 Å². The summed E-state index contributed by atoms with van der Waals surface area (Å²) in [5, 5.41) is 0.489. The molecule has 0 radical (unpaired) electrons. The summed E-state index contributed by atoms with van der Waals surface area (Å²) < 4.78 is 0. The van der Waals surface area contributed by atoms with Gasteiger partial charge in [-0.15, -0.1) is 0 Å². The van der Waals surface area contributed by atoms with Crippen molar-refractivity contribution in [2.24, 2.45) is 0 Å². The first-order valence-corrected chi connectivity index (χ1v) is 4.37. The number of pyridine rings is 1. The monoisotopic (exact) mass is 167 g/mol. The normalized spacial score (nSPS) is 12.9. The molecule has 0 saturated carbocycles. The highest BCUT2D eigenvalue weighted by molar-refractivity contribution is 7.80. The maximum absolute atomic E-state index is 4.31. The number of hydrogen-bond acceptors (Lipinski definition) is 2. The highest BCUT2D eigenvalue weighted by Gasteiger charge is 1.95. The van der Waals surface area contributed by atoms with Gasteiger partial charge in [0.15, 0.2) is 0 Å². The van der Waals surface area contributed by atoms with Crippen LogP contribution in [0.15, 0.2) is 24.5 Å². The van der Waals surface area contributed by atoms with Crippen molar-refractivity contribution < 1.29 is 0 Å². The molecule has 0 bridgehead atoms. The van der Waals surface area contributed by atoms with Crippen LogP contribution >= 0.6 is 12.6 Å². The van der Waals surface area contributed by atoms with E-state index in [1.807, 2.05) is 12.4 Å². The van der Waals surface area contributed by atoms with Crippen molar-refractivity contribution in [3.63, 3.8) is 0 Å². The first-order chi connectivity index (χ1) is 5.29. The first-order valence-electron chi connectivity index (χ1n) is 3.86. The molecule has 0 unspecified atom stereocenters. The molecule has 0 aromatic carbocycles. The van der Waals surface area contributed by atoms with Gasteiger partial charge >= 0.3 is 0 Å². The van der Waals surface area contributed by atoms with Crippen molar-refractivity contribution in [3.05, 3.63) is 30.1 Å². The summed E-state index contributed by atoms with van der Waals surface area (Å²) in [6.45, 7) is 2.12. The van der Waals surface area contributed by atoms with E-state index in [0.29, 0.717) is 5.25 Å². The number of nitrogens with zero attached hydrogens (tertiary/aromatic N) is 1. The lowest BCUT2D eigenvalue weighted by molar-refractivity contribution is 0.815. The molecule has 1 aromatic rings. The molecule has 0 aliphatic rings. The molecule has 1 heterocycles. The predicted molar refractivity (Wildman–Crippen MR) is 51.0 cm³/mol. The van der Waals surface area contributed by atoms with Crippen LogP contribution < -0.4 is 0 Å². The zero-order valence-corrected chi connectivity index (χ0v) is 7.59. The Hall–Kier alpha value is -0.500. The average Bonchev–Trinajstić information content (AvgIpc) is 2.03. The van der Waals surface area contributed by atoms with Crippen LogP contribution in [0.1, 0.15) is 18.9 Å². The van der Waals surface area contributed by atoms with E-state index in [4.69, 9.17) is 0 Å². The minimum absolute atomic E-state index is 0.489. The molecular formula is C9H13NS. The molecule has 60 valence electrons. The molecule has 1 atom stereocenters. The number of aryl methyl sites for hydroxylation is 1. The Labute approximate surface area is 73.3 Å². The highest BCUT2D eigenvalue weighted by Crippen LogP contribution is 2.06. The minimum Gasteiger partial charge on any atom is -0.265 e. The van der Waals surface area contributed by atoms with Crippen LogP contribution in [0.25, 0.3) is 0 Å². The largest absolute Gasteiger partial charge is 0.265 e. The maximum atomic E-state index is 4.31. The molecule has 0 aliphatic heterocycles. The number of aromatic nitrogens is 1. The Morgan fingerprint density at radius 3 is 2.64 bits per heavy atom. The Bertz CT molecular complexity index is 196. The maximum Gasteiger partial charge on any atom is 0.0270 e. The number of hydrogen-bond donors (Lipinski definition) is 1. The molecule has 0 fully saturated rings. The van der Waals surface area contributed by atoms with Crippen LogP contribution in [0.3, 0.4) is 0 Å². The molecule has 0 saturated heterocycles. The van der Waals surface area contributed by atoms with Crippen molar-refractivity contribution >= 4 is 12.6 Å². The molecule has 0 amide bonds. The Kier molecular flexibility index (Phi) is 3.43. The van der Waals surface area contributed by atoms with Crippen molar-refractivity contribution in [3.8, 4) is 0 Å². The summed E-state index contributed by atoms with van der Waals surface area (Å²) in [4.78, 5) is 3.95. The van der Waals surface area contributed by atoms with Crippen molar-refractivity contribution in [1.29, 1.82) is 0 Å². The van der Waals surface area contributed by atoms with Gasteiger partial charge in [0.2, 0.25) is 0 Å². The molecule has 2 heteroatoms. The fraction of sp³-hybridized carbons (Fsp3) is 0.444. The van der Waals surface area contributed by atoms with E-state index in [0.717, 1.165) is 12.8 Å². The van der Waals surface area contributed by atoms with Gasteiger partial charge in [0.05, 0.1) is 0 Å². The molecular weight excluding hydrogens is 154 g/mol. The standard InChI is InChI=1S/C9H13NS/c1-8(11)2-3-9-4-6-10-7-5-9/h4-8,11H,2-3H2,1H3/t8-/m1/s1. The zero-order chi connectivity index (χ0) is 8.10. The van der Waals surface area contributed by atoms with E-state index in [-0.39, 0.29) is 0 Å². The second kappa shape index (κ2) is 4.39. The fourth-order valence-corrected chi connectivity index (χ4v) is 1.05. The Balaban J connectivity index is 2.39. The molecule has 1 nitrogen and oxygen atoms in total. The van der Waals surface area contributed by atoms with Gasteiger partial charge in [0.25, 0.3) is 0 Å². The molecule has 1 rings (SSSR count). The highest BCUT2D eigenvalue weighted by atomic mass is 32.1. The van der Waals surface area contributed by atoms with E-state index in [1.165, 1.54) is 5.56 Å². The van der Waals surface area contributed by atoms with Crippen molar-refractivity contribution in [2.75, 3.05) is 0 Å². The molecule has 0 spiro atoms. The van der Waals surface area contributed by atoms with E-state index in [2.05, 4.69) is 36.7 Å². The molecule has 0 N–H and O–H groups in total. The summed E-state index contributed by atoms with van der Waals surface area (Å²) in [7, 11) is 0.